The molecule has 1 aromatic rings. The number of rotatable bonds is 4. The maximum Gasteiger partial charge on any atom is 0.552 e. The van der Waals surface area contributed by atoms with Gasteiger partial charge in [-0.05, 0) is 43.3 Å². The van der Waals surface area contributed by atoms with E-state index in [4.69, 9.17) is 4.65 Å². The predicted octanol–water partition coefficient (Wildman–Crippen LogP) is 1.02. The van der Waals surface area contributed by atoms with Crippen LogP contribution < -0.4 is 9.38 Å². The van der Waals surface area contributed by atoms with Crippen molar-refractivity contribution in [2.75, 3.05) is 12.8 Å². The van der Waals surface area contributed by atoms with E-state index in [0.717, 1.165) is 41.7 Å². The average Bonchev–Trinajstić information content (AvgIpc) is 2.98. The molecular formula is C16H19BN2O4S. The lowest BCUT2D eigenvalue weighted by molar-refractivity contribution is 0.272. The molecule has 0 radical (unpaired) electrons. The third kappa shape index (κ3) is 2.68. The molecular weight excluding hydrogens is 327 g/mol. The highest BCUT2D eigenvalue weighted by molar-refractivity contribution is 7.89. The molecule has 0 atom stereocenters. The van der Waals surface area contributed by atoms with Gasteiger partial charge in [-0.3, -0.25) is 4.98 Å². The summed E-state index contributed by atoms with van der Waals surface area (Å²) in [5, 5.41) is 9.98. The molecule has 1 fully saturated rings. The Labute approximate surface area is 141 Å². The Bertz CT molecular complexity index is 844. The fourth-order valence-electron chi connectivity index (χ4n) is 3.83. The van der Waals surface area contributed by atoms with Crippen LogP contribution in [0.2, 0.25) is 0 Å². The number of fused-ring (bicyclic) bond motifs is 3. The topological polar surface area (TPSA) is 88.5 Å². The van der Waals surface area contributed by atoms with Crippen LogP contribution in [0.25, 0.3) is 11.6 Å². The second kappa shape index (κ2) is 5.72. The van der Waals surface area contributed by atoms with Crippen molar-refractivity contribution in [1.29, 1.82) is 0 Å². The number of aromatic nitrogens is 1. The van der Waals surface area contributed by atoms with Gasteiger partial charge in [0, 0.05) is 17.5 Å². The molecule has 1 aromatic heterocycles. The van der Waals surface area contributed by atoms with Crippen molar-refractivity contribution in [3.8, 4) is 5.75 Å². The van der Waals surface area contributed by atoms with Crippen molar-refractivity contribution in [1.82, 2.24) is 9.71 Å². The Morgan fingerprint density at radius 3 is 3.00 bits per heavy atom. The highest BCUT2D eigenvalue weighted by Gasteiger charge is 2.39. The first-order chi connectivity index (χ1) is 11.5. The highest BCUT2D eigenvalue weighted by atomic mass is 32.2. The number of hydrogen-bond donors (Lipinski definition) is 2. The number of allylic oxidation sites excluding steroid dienone is 2. The molecule has 0 spiro atoms. The van der Waals surface area contributed by atoms with E-state index in [1.165, 1.54) is 7.05 Å². The Morgan fingerprint density at radius 1 is 1.46 bits per heavy atom. The Balaban J connectivity index is 1.60. The predicted molar refractivity (Wildman–Crippen MR) is 92.6 cm³/mol. The summed E-state index contributed by atoms with van der Waals surface area (Å²) in [5.74, 6) is 2.93. The van der Waals surface area contributed by atoms with Crippen LogP contribution in [0.1, 0.15) is 29.7 Å². The Morgan fingerprint density at radius 2 is 2.25 bits per heavy atom. The summed E-state index contributed by atoms with van der Waals surface area (Å²) in [6, 6.07) is 0. The first-order valence-electron chi connectivity index (χ1n) is 8.13. The molecule has 0 saturated heterocycles. The summed E-state index contributed by atoms with van der Waals surface area (Å²) < 4.78 is 31.3. The minimum atomic E-state index is -3.18. The molecule has 2 aliphatic carbocycles. The SMILES string of the molecule is CNS(=O)(=O)CC1CC(C2=CB(O)Oc3cnc4c(c32)C=CC4)C1. The lowest BCUT2D eigenvalue weighted by Gasteiger charge is -2.39. The summed E-state index contributed by atoms with van der Waals surface area (Å²) >= 11 is 0. The average molecular weight is 346 g/mol. The number of nitrogens with one attached hydrogen (secondary N) is 1. The fourth-order valence-corrected chi connectivity index (χ4v) is 4.89. The smallest absolute Gasteiger partial charge is 0.531 e. The first-order valence-corrected chi connectivity index (χ1v) is 9.78. The lowest BCUT2D eigenvalue weighted by Crippen LogP contribution is -2.36. The highest BCUT2D eigenvalue weighted by Crippen LogP contribution is 2.48. The Kier molecular flexibility index (Phi) is 3.78. The number of hydrogen-bond acceptors (Lipinski definition) is 5. The van der Waals surface area contributed by atoms with Gasteiger partial charge < -0.3 is 9.68 Å². The zero-order chi connectivity index (χ0) is 16.9. The minimum Gasteiger partial charge on any atom is -0.531 e. The number of nitrogens with zero attached hydrogens (tertiary/aromatic N) is 1. The molecule has 8 heteroatoms. The van der Waals surface area contributed by atoms with Gasteiger partial charge in [0.05, 0.1) is 17.6 Å². The van der Waals surface area contributed by atoms with Crippen molar-refractivity contribution in [2.45, 2.75) is 19.3 Å². The van der Waals surface area contributed by atoms with Crippen molar-refractivity contribution >= 4 is 28.8 Å². The molecule has 0 amide bonds. The van der Waals surface area contributed by atoms with E-state index in [1.807, 2.05) is 0 Å². The van der Waals surface area contributed by atoms with E-state index in [1.54, 1.807) is 12.2 Å². The normalized spacial score (nSPS) is 24.8. The van der Waals surface area contributed by atoms with Crippen LogP contribution in [0.4, 0.5) is 0 Å². The van der Waals surface area contributed by atoms with Crippen molar-refractivity contribution < 1.29 is 18.1 Å². The molecule has 1 aliphatic heterocycles. The van der Waals surface area contributed by atoms with Crippen LogP contribution >= 0.6 is 0 Å². The van der Waals surface area contributed by atoms with Crippen LogP contribution in [0, 0.1) is 11.8 Å². The van der Waals surface area contributed by atoms with Crippen LogP contribution in [0.3, 0.4) is 0 Å². The second-order valence-corrected chi connectivity index (χ2v) is 8.59. The standard InChI is InChI=1S/C16H19BN2O4S/c1-18-24(21,22)9-10-5-11(6-10)13-7-17(20)23-15-8-19-14-4-2-3-12(14)16(13)15/h2-3,7-8,10-11,18,20H,4-6,9H2,1H3. The molecule has 0 bridgehead atoms. The summed E-state index contributed by atoms with van der Waals surface area (Å²) in [5.41, 5.74) is 4.16. The molecule has 6 nitrogen and oxygen atoms in total. The summed E-state index contributed by atoms with van der Waals surface area (Å²) in [7, 11) is -2.71. The maximum absolute atomic E-state index is 11.7. The molecule has 1 saturated carbocycles. The number of sulfonamides is 1. The van der Waals surface area contributed by atoms with Gasteiger partial charge >= 0.3 is 7.12 Å². The minimum absolute atomic E-state index is 0.155. The summed E-state index contributed by atoms with van der Waals surface area (Å²) in [6.07, 6.45) is 8.23. The Hall–Kier alpha value is -1.64. The van der Waals surface area contributed by atoms with Crippen LogP contribution in [0.5, 0.6) is 5.75 Å². The van der Waals surface area contributed by atoms with Crippen LogP contribution in [0.15, 0.2) is 18.2 Å². The number of pyridine rings is 1. The van der Waals surface area contributed by atoms with Crippen molar-refractivity contribution in [3.05, 3.63) is 35.1 Å². The van der Waals surface area contributed by atoms with E-state index in [2.05, 4.69) is 21.9 Å². The van der Waals surface area contributed by atoms with Gasteiger partial charge in [0.1, 0.15) is 5.75 Å². The van der Waals surface area contributed by atoms with E-state index < -0.39 is 17.1 Å². The molecule has 3 aliphatic rings. The monoisotopic (exact) mass is 346 g/mol. The lowest BCUT2D eigenvalue weighted by atomic mass is 9.66. The second-order valence-electron chi connectivity index (χ2n) is 6.61. The van der Waals surface area contributed by atoms with Gasteiger partial charge in [-0.2, -0.15) is 0 Å². The van der Waals surface area contributed by atoms with E-state index in [9.17, 15) is 13.4 Å². The molecule has 0 unspecified atom stereocenters. The van der Waals surface area contributed by atoms with Crippen LogP contribution in [-0.2, 0) is 16.4 Å². The largest absolute Gasteiger partial charge is 0.552 e. The molecule has 126 valence electrons. The fraction of sp³-hybridized carbons (Fsp3) is 0.438. The van der Waals surface area contributed by atoms with Gasteiger partial charge in [-0.15, -0.1) is 0 Å². The van der Waals surface area contributed by atoms with Gasteiger partial charge in [0.25, 0.3) is 0 Å². The van der Waals surface area contributed by atoms with Gasteiger partial charge in [-0.1, -0.05) is 12.2 Å². The van der Waals surface area contributed by atoms with Gasteiger partial charge in [0.2, 0.25) is 10.0 Å². The van der Waals surface area contributed by atoms with E-state index in [-0.39, 0.29) is 17.6 Å². The summed E-state index contributed by atoms with van der Waals surface area (Å²) in [4.78, 5) is 4.41. The van der Waals surface area contributed by atoms with Gasteiger partial charge in [0.15, 0.2) is 0 Å². The van der Waals surface area contributed by atoms with E-state index >= 15 is 0 Å². The quantitative estimate of drug-likeness (QED) is 0.795. The molecule has 0 aromatic carbocycles. The van der Waals surface area contributed by atoms with Crippen LogP contribution in [-0.4, -0.2) is 38.3 Å². The van der Waals surface area contributed by atoms with Gasteiger partial charge in [-0.25, -0.2) is 13.1 Å². The zero-order valence-electron chi connectivity index (χ0n) is 13.4. The molecule has 2 N–H and O–H groups in total. The summed E-state index contributed by atoms with van der Waals surface area (Å²) in [6.45, 7) is 0. The van der Waals surface area contributed by atoms with Crippen molar-refractivity contribution in [3.63, 3.8) is 0 Å². The third-order valence-corrected chi connectivity index (χ3v) is 6.59. The maximum atomic E-state index is 11.7. The first kappa shape index (κ1) is 15.9. The molecule has 24 heavy (non-hydrogen) atoms. The third-order valence-electron chi connectivity index (χ3n) is 5.06. The van der Waals surface area contributed by atoms with Crippen molar-refractivity contribution in [2.24, 2.45) is 11.8 Å². The molecule has 2 heterocycles. The van der Waals surface area contributed by atoms with E-state index in [0.29, 0.717) is 5.75 Å². The zero-order valence-corrected chi connectivity index (χ0v) is 14.2. The molecule has 4 rings (SSSR count).